The Morgan fingerprint density at radius 1 is 1.36 bits per heavy atom. The van der Waals surface area contributed by atoms with Crippen LogP contribution in [0, 0.1) is 5.92 Å². The smallest absolute Gasteiger partial charge is 0.109 e. The van der Waals surface area contributed by atoms with Gasteiger partial charge in [0.2, 0.25) is 0 Å². The molecule has 2 bridgehead atoms. The molecular weight excluding hydrogens is 276 g/mol. The van der Waals surface area contributed by atoms with Crippen LogP contribution in [0.2, 0.25) is 0 Å². The third-order valence-electron chi connectivity index (χ3n) is 6.63. The van der Waals surface area contributed by atoms with Gasteiger partial charge in [0.15, 0.2) is 0 Å². The third kappa shape index (κ3) is 1.31. The van der Waals surface area contributed by atoms with Gasteiger partial charge in [-0.3, -0.25) is 4.90 Å². The Bertz CT molecular complexity index is 685. The molecule has 4 aliphatic rings. The fraction of sp³-hybridized carbons (Fsp3) is 0.556. The Kier molecular flexibility index (Phi) is 2.35. The number of piperidine rings is 1. The van der Waals surface area contributed by atoms with Crippen molar-refractivity contribution in [1.82, 2.24) is 4.90 Å². The minimum absolute atomic E-state index is 0.0248. The molecule has 4 nitrogen and oxygen atoms in total. The molecule has 22 heavy (non-hydrogen) atoms. The van der Waals surface area contributed by atoms with E-state index in [2.05, 4.69) is 40.6 Å². The van der Waals surface area contributed by atoms with Gasteiger partial charge in [-0.05, 0) is 37.9 Å². The average molecular weight is 298 g/mol. The first-order chi connectivity index (χ1) is 10.6. The minimum atomic E-state index is -1.03. The topological polar surface area (TPSA) is 55.7 Å². The Labute approximate surface area is 130 Å². The predicted octanol–water partition coefficient (Wildman–Crippen LogP) is 1.45. The Balaban J connectivity index is 1.71. The lowest BCUT2D eigenvalue weighted by Crippen LogP contribution is -2.64. The monoisotopic (exact) mass is 298 g/mol. The van der Waals surface area contributed by atoms with Crippen LogP contribution in [0.1, 0.15) is 25.3 Å². The zero-order valence-corrected chi connectivity index (χ0v) is 12.8. The molecule has 2 fully saturated rings. The summed E-state index contributed by atoms with van der Waals surface area (Å²) in [5, 5.41) is 24.8. The standard InChI is InChI=1S/C18H22N2O2/c1-11(21)18(22)10-20-7-6-17-13-4-2-3-5-14(13)19-15(17)8-12(18)9-16(17)20/h2-5,8,11-12,16,19,21-22H,6-7,9-10H2,1H3/t11-,12-,16-,17?,18+/m0/s1. The average Bonchev–Trinajstić information content (AvgIpc) is 3.04. The molecule has 4 heteroatoms. The van der Waals surface area contributed by atoms with Crippen molar-refractivity contribution in [3.8, 4) is 0 Å². The van der Waals surface area contributed by atoms with E-state index in [9.17, 15) is 10.2 Å². The van der Waals surface area contributed by atoms with E-state index in [1.54, 1.807) is 6.92 Å². The number of benzene rings is 1. The Hall–Kier alpha value is -1.36. The molecule has 0 aromatic heterocycles. The highest BCUT2D eigenvalue weighted by molar-refractivity contribution is 5.71. The second-order valence-corrected chi connectivity index (χ2v) is 7.47. The lowest BCUT2D eigenvalue weighted by molar-refractivity contribution is -0.143. The molecule has 3 heterocycles. The first-order valence-electron chi connectivity index (χ1n) is 8.29. The first kappa shape index (κ1) is 13.1. The largest absolute Gasteiger partial charge is 0.390 e. The second-order valence-electron chi connectivity index (χ2n) is 7.47. The van der Waals surface area contributed by atoms with Crippen LogP contribution in [-0.2, 0) is 5.41 Å². The highest BCUT2D eigenvalue weighted by atomic mass is 16.3. The fourth-order valence-electron chi connectivity index (χ4n) is 5.44. The van der Waals surface area contributed by atoms with E-state index >= 15 is 0 Å². The Morgan fingerprint density at radius 2 is 2.18 bits per heavy atom. The van der Waals surface area contributed by atoms with Gasteiger partial charge in [0.25, 0.3) is 0 Å². The van der Waals surface area contributed by atoms with Crippen molar-refractivity contribution in [1.29, 1.82) is 0 Å². The van der Waals surface area contributed by atoms with Gasteiger partial charge in [0.05, 0.1) is 11.5 Å². The normalized spacial score (nSPS) is 43.1. The summed E-state index contributed by atoms with van der Waals surface area (Å²) in [5.41, 5.74) is 2.92. The molecule has 3 aliphatic heterocycles. The molecule has 116 valence electrons. The molecular formula is C18H22N2O2. The fourth-order valence-corrected chi connectivity index (χ4v) is 5.44. The van der Waals surface area contributed by atoms with Crippen molar-refractivity contribution in [3.63, 3.8) is 0 Å². The molecule has 5 rings (SSSR count). The zero-order chi connectivity index (χ0) is 15.1. The SMILES string of the molecule is C[C@H](O)[C@]1(O)CN2CCC34C(=C[C@H]1C[C@H]23)Nc1ccccc14. The molecule has 0 saturated carbocycles. The summed E-state index contributed by atoms with van der Waals surface area (Å²) in [6.07, 6.45) is 3.52. The number of aliphatic hydroxyl groups is 2. The maximum absolute atomic E-state index is 11.1. The molecule has 0 radical (unpaired) electrons. The van der Waals surface area contributed by atoms with Crippen LogP contribution in [0.3, 0.4) is 0 Å². The summed E-state index contributed by atoms with van der Waals surface area (Å²) in [6.45, 7) is 3.28. The number of rotatable bonds is 1. The van der Waals surface area contributed by atoms with Crippen LogP contribution in [0.15, 0.2) is 36.0 Å². The van der Waals surface area contributed by atoms with Gasteiger partial charge in [-0.2, -0.15) is 0 Å². The van der Waals surface area contributed by atoms with Gasteiger partial charge in [-0.25, -0.2) is 0 Å². The van der Waals surface area contributed by atoms with E-state index in [-0.39, 0.29) is 11.3 Å². The van der Waals surface area contributed by atoms with Crippen LogP contribution in [0.5, 0.6) is 0 Å². The minimum Gasteiger partial charge on any atom is -0.390 e. The van der Waals surface area contributed by atoms with Gasteiger partial charge >= 0.3 is 0 Å². The number of anilines is 1. The van der Waals surface area contributed by atoms with Crippen molar-refractivity contribution in [2.45, 2.75) is 42.9 Å². The first-order valence-corrected chi connectivity index (χ1v) is 8.29. The number of nitrogens with one attached hydrogen (secondary N) is 1. The van der Waals surface area contributed by atoms with Crippen molar-refractivity contribution in [2.24, 2.45) is 5.92 Å². The molecule has 1 aromatic rings. The van der Waals surface area contributed by atoms with Crippen LogP contribution in [0.25, 0.3) is 0 Å². The lowest BCUT2D eigenvalue weighted by atomic mass is 9.62. The summed E-state index contributed by atoms with van der Waals surface area (Å²) in [4.78, 5) is 2.40. The lowest BCUT2D eigenvalue weighted by Gasteiger charge is -2.53. The molecule has 5 atom stereocenters. The van der Waals surface area contributed by atoms with Crippen LogP contribution in [0.4, 0.5) is 5.69 Å². The molecule has 1 unspecified atom stereocenters. The number of nitrogens with zero attached hydrogens (tertiary/aromatic N) is 1. The van der Waals surface area contributed by atoms with Crippen molar-refractivity contribution in [2.75, 3.05) is 18.4 Å². The van der Waals surface area contributed by atoms with Crippen LogP contribution >= 0.6 is 0 Å². The quantitative estimate of drug-likeness (QED) is 0.734. The summed E-state index contributed by atoms with van der Waals surface area (Å²) in [7, 11) is 0. The molecule has 1 aromatic carbocycles. The highest BCUT2D eigenvalue weighted by Gasteiger charge is 2.63. The maximum atomic E-state index is 11.1. The van der Waals surface area contributed by atoms with Gasteiger partial charge in [-0.1, -0.05) is 24.3 Å². The maximum Gasteiger partial charge on any atom is 0.109 e. The summed E-state index contributed by atoms with van der Waals surface area (Å²) in [6, 6.07) is 9.04. The van der Waals surface area contributed by atoms with E-state index in [1.165, 1.54) is 16.9 Å². The summed E-state index contributed by atoms with van der Waals surface area (Å²) in [5.74, 6) is 0.0248. The van der Waals surface area contributed by atoms with Crippen LogP contribution < -0.4 is 5.32 Å². The Morgan fingerprint density at radius 3 is 3.00 bits per heavy atom. The molecule has 1 aliphatic carbocycles. The van der Waals surface area contributed by atoms with E-state index in [4.69, 9.17) is 0 Å². The summed E-state index contributed by atoms with van der Waals surface area (Å²) < 4.78 is 0. The number of hydrogen-bond donors (Lipinski definition) is 3. The molecule has 2 saturated heterocycles. The third-order valence-corrected chi connectivity index (χ3v) is 6.63. The van der Waals surface area contributed by atoms with Crippen LogP contribution in [-0.4, -0.2) is 45.9 Å². The van der Waals surface area contributed by atoms with E-state index in [0.29, 0.717) is 12.6 Å². The van der Waals surface area contributed by atoms with Gasteiger partial charge in [0.1, 0.15) is 5.60 Å². The van der Waals surface area contributed by atoms with E-state index in [1.807, 2.05) is 0 Å². The van der Waals surface area contributed by atoms with Gasteiger partial charge in [-0.15, -0.1) is 0 Å². The molecule has 0 amide bonds. The van der Waals surface area contributed by atoms with E-state index < -0.39 is 11.7 Å². The molecule has 3 N–H and O–H groups in total. The van der Waals surface area contributed by atoms with Crippen molar-refractivity contribution >= 4 is 5.69 Å². The molecule has 1 spiro atoms. The summed E-state index contributed by atoms with van der Waals surface area (Å²) >= 11 is 0. The number of aliphatic hydroxyl groups excluding tert-OH is 1. The van der Waals surface area contributed by atoms with Gasteiger partial charge < -0.3 is 15.5 Å². The number of para-hydroxylation sites is 1. The van der Waals surface area contributed by atoms with Crippen molar-refractivity contribution < 1.29 is 10.2 Å². The second kappa shape index (κ2) is 3.94. The predicted molar refractivity (Wildman–Crippen MR) is 84.5 cm³/mol. The van der Waals surface area contributed by atoms with E-state index in [0.717, 1.165) is 19.4 Å². The number of hydrogen-bond acceptors (Lipinski definition) is 4. The zero-order valence-electron chi connectivity index (χ0n) is 12.8. The van der Waals surface area contributed by atoms with Crippen molar-refractivity contribution in [3.05, 3.63) is 41.6 Å². The highest BCUT2D eigenvalue weighted by Crippen LogP contribution is 2.59. The number of fused-ring (bicyclic) bond motifs is 2. The van der Waals surface area contributed by atoms with Gasteiger partial charge in [0, 0.05) is 29.9 Å².